The number of nitrogens with two attached hydrogens (primary N) is 1. The van der Waals surface area contributed by atoms with Crippen LogP contribution in [0.2, 0.25) is 5.02 Å². The van der Waals surface area contributed by atoms with E-state index in [2.05, 4.69) is 10.4 Å². The molecule has 1 heterocycles. The van der Waals surface area contributed by atoms with Gasteiger partial charge in [0.25, 0.3) is 0 Å². The van der Waals surface area contributed by atoms with Gasteiger partial charge in [-0.25, -0.2) is 4.68 Å². The highest BCUT2D eigenvalue weighted by Gasteiger charge is 2.31. The molecule has 0 unspecified atom stereocenters. The maximum Gasteiger partial charge on any atom is 0.416 e. The third kappa shape index (κ3) is 4.40. The van der Waals surface area contributed by atoms with Crippen LogP contribution in [0.1, 0.15) is 18.2 Å². The molecule has 0 aliphatic carbocycles. The lowest BCUT2D eigenvalue weighted by Crippen LogP contribution is -2.33. The number of aryl methyl sites for hydroxylation is 1. The number of nitrogens with zero attached hydrogens (tertiary/aromatic N) is 2. The zero-order valence-electron chi connectivity index (χ0n) is 12.7. The van der Waals surface area contributed by atoms with E-state index in [1.165, 1.54) is 13.0 Å². The Morgan fingerprint density at radius 1 is 1.38 bits per heavy atom. The van der Waals surface area contributed by atoms with Crippen molar-refractivity contribution in [3.63, 3.8) is 0 Å². The molecule has 0 saturated heterocycles. The van der Waals surface area contributed by atoms with E-state index < -0.39 is 23.7 Å². The summed E-state index contributed by atoms with van der Waals surface area (Å²) in [5.41, 5.74) is 5.12. The first-order chi connectivity index (χ1) is 10.6. The second-order valence-corrected chi connectivity index (χ2v) is 5.43. The molecule has 0 radical (unpaired) electrons. The summed E-state index contributed by atoms with van der Waals surface area (Å²) in [4.78, 5) is 11.7. The van der Waals surface area contributed by atoms with Crippen molar-refractivity contribution in [2.75, 3.05) is 5.32 Å². The van der Waals surface area contributed by atoms with Gasteiger partial charge in [-0.2, -0.15) is 18.3 Å². The highest BCUT2D eigenvalue weighted by atomic mass is 35.5. The monoisotopic (exact) mass is 382 g/mol. The van der Waals surface area contributed by atoms with Crippen LogP contribution in [-0.4, -0.2) is 21.7 Å². The Kier molecular flexibility index (Phi) is 6.26. The number of benzene rings is 1. The number of hydrogen-bond acceptors (Lipinski definition) is 3. The van der Waals surface area contributed by atoms with Crippen molar-refractivity contribution in [3.05, 3.63) is 40.5 Å². The van der Waals surface area contributed by atoms with Crippen LogP contribution >= 0.6 is 24.0 Å². The number of nitrogens with one attached hydrogen (secondary N) is 1. The van der Waals surface area contributed by atoms with Crippen LogP contribution in [0.25, 0.3) is 5.69 Å². The molecular formula is C14H15Cl2F3N4O. The molecule has 5 nitrogen and oxygen atoms in total. The summed E-state index contributed by atoms with van der Waals surface area (Å²) in [6.07, 6.45) is -4.52. The summed E-state index contributed by atoms with van der Waals surface area (Å²) >= 11 is 6.00. The van der Waals surface area contributed by atoms with E-state index in [1.54, 1.807) is 6.92 Å². The van der Waals surface area contributed by atoms with Crippen molar-refractivity contribution in [1.82, 2.24) is 9.78 Å². The minimum atomic E-state index is -4.52. The molecule has 10 heteroatoms. The normalized spacial score (nSPS) is 12.5. The molecule has 3 N–H and O–H groups in total. The molecule has 1 atom stereocenters. The van der Waals surface area contributed by atoms with Gasteiger partial charge in [0.15, 0.2) is 0 Å². The molecular weight excluding hydrogens is 368 g/mol. The SMILES string of the molecule is Cc1cc(NC(=O)[C@H](C)N)n(-c2cc(C(F)(F)F)ccc2Cl)n1.Cl. The Morgan fingerprint density at radius 2 is 2.00 bits per heavy atom. The van der Waals surface area contributed by atoms with E-state index in [0.29, 0.717) is 5.69 Å². The predicted octanol–water partition coefficient (Wildman–Crippen LogP) is 3.56. The number of carbonyl (C=O) groups is 1. The lowest BCUT2D eigenvalue weighted by atomic mass is 10.2. The molecule has 0 fully saturated rings. The number of hydrogen-bond donors (Lipinski definition) is 2. The van der Waals surface area contributed by atoms with Gasteiger partial charge in [0.05, 0.1) is 28.0 Å². The molecule has 132 valence electrons. The molecule has 0 aliphatic heterocycles. The van der Waals surface area contributed by atoms with Gasteiger partial charge in [-0.15, -0.1) is 12.4 Å². The number of rotatable bonds is 3. The Bertz CT molecular complexity index is 744. The summed E-state index contributed by atoms with van der Waals surface area (Å²) < 4.78 is 39.8. The average molecular weight is 383 g/mol. The molecule has 0 saturated carbocycles. The summed E-state index contributed by atoms with van der Waals surface area (Å²) in [5, 5.41) is 6.66. The van der Waals surface area contributed by atoms with E-state index in [0.717, 1.165) is 22.9 Å². The van der Waals surface area contributed by atoms with Crippen LogP contribution in [0.3, 0.4) is 0 Å². The van der Waals surface area contributed by atoms with E-state index in [9.17, 15) is 18.0 Å². The zero-order valence-corrected chi connectivity index (χ0v) is 14.3. The fraction of sp³-hybridized carbons (Fsp3) is 0.286. The quantitative estimate of drug-likeness (QED) is 0.852. The number of carbonyl (C=O) groups excluding carboxylic acids is 1. The number of halogens is 5. The van der Waals surface area contributed by atoms with E-state index in [-0.39, 0.29) is 28.9 Å². The standard InChI is InChI=1S/C14H14ClF3N4O.ClH/c1-7-5-12(20-13(23)8(2)19)22(21-7)11-6-9(14(16,17)18)3-4-10(11)15;/h3-6,8H,19H2,1-2H3,(H,20,23);1H/t8-;/m0./s1. The van der Waals surface area contributed by atoms with Gasteiger partial charge in [-0.3, -0.25) is 4.79 Å². The van der Waals surface area contributed by atoms with Crippen LogP contribution in [-0.2, 0) is 11.0 Å². The molecule has 0 aliphatic rings. The molecule has 24 heavy (non-hydrogen) atoms. The van der Waals surface area contributed by atoms with Crippen LogP contribution in [0.5, 0.6) is 0 Å². The summed E-state index contributed by atoms with van der Waals surface area (Å²) in [6.45, 7) is 3.12. The minimum absolute atomic E-state index is 0. The van der Waals surface area contributed by atoms with Gasteiger partial charge in [-0.05, 0) is 32.0 Å². The van der Waals surface area contributed by atoms with Crippen LogP contribution in [0.15, 0.2) is 24.3 Å². The van der Waals surface area contributed by atoms with Gasteiger partial charge in [-0.1, -0.05) is 11.6 Å². The van der Waals surface area contributed by atoms with Crippen molar-refractivity contribution in [1.29, 1.82) is 0 Å². The second-order valence-electron chi connectivity index (χ2n) is 5.02. The largest absolute Gasteiger partial charge is 0.416 e. The third-order valence-corrected chi connectivity index (χ3v) is 3.32. The van der Waals surface area contributed by atoms with Gasteiger partial charge in [0.1, 0.15) is 5.82 Å². The first-order valence-corrected chi connectivity index (χ1v) is 6.97. The highest BCUT2D eigenvalue weighted by molar-refractivity contribution is 6.32. The van der Waals surface area contributed by atoms with Gasteiger partial charge >= 0.3 is 6.18 Å². The number of anilines is 1. The van der Waals surface area contributed by atoms with Crippen LogP contribution < -0.4 is 11.1 Å². The topological polar surface area (TPSA) is 72.9 Å². The Balaban J connectivity index is 0.00000288. The molecule has 1 amide bonds. The summed E-state index contributed by atoms with van der Waals surface area (Å²) in [6, 6.07) is 3.61. The van der Waals surface area contributed by atoms with Crippen molar-refractivity contribution >= 4 is 35.7 Å². The lowest BCUT2D eigenvalue weighted by molar-refractivity contribution is -0.137. The maximum absolute atomic E-state index is 12.9. The fourth-order valence-electron chi connectivity index (χ4n) is 1.86. The van der Waals surface area contributed by atoms with E-state index in [1.807, 2.05) is 0 Å². The first-order valence-electron chi connectivity index (χ1n) is 6.60. The Labute approximate surface area is 147 Å². The summed E-state index contributed by atoms with van der Waals surface area (Å²) in [7, 11) is 0. The highest BCUT2D eigenvalue weighted by Crippen LogP contribution is 2.34. The van der Waals surface area contributed by atoms with Crippen LogP contribution in [0, 0.1) is 6.92 Å². The predicted molar refractivity (Wildman–Crippen MR) is 87.8 cm³/mol. The van der Waals surface area contributed by atoms with Crippen molar-refractivity contribution in [2.45, 2.75) is 26.1 Å². The minimum Gasteiger partial charge on any atom is -0.320 e. The molecule has 0 spiro atoms. The number of alkyl halides is 3. The van der Waals surface area contributed by atoms with Crippen molar-refractivity contribution < 1.29 is 18.0 Å². The summed E-state index contributed by atoms with van der Waals surface area (Å²) in [5.74, 6) is -0.305. The average Bonchev–Trinajstić information content (AvgIpc) is 2.78. The van der Waals surface area contributed by atoms with Gasteiger partial charge < -0.3 is 11.1 Å². The fourth-order valence-corrected chi connectivity index (χ4v) is 2.06. The lowest BCUT2D eigenvalue weighted by Gasteiger charge is -2.14. The molecule has 0 bridgehead atoms. The van der Waals surface area contributed by atoms with Crippen LogP contribution in [0.4, 0.5) is 19.0 Å². The van der Waals surface area contributed by atoms with Gasteiger partial charge in [0, 0.05) is 6.07 Å². The molecule has 2 aromatic rings. The maximum atomic E-state index is 12.9. The molecule has 1 aromatic heterocycles. The van der Waals surface area contributed by atoms with Crippen molar-refractivity contribution in [2.24, 2.45) is 5.73 Å². The third-order valence-electron chi connectivity index (χ3n) is 3.00. The molecule has 2 rings (SSSR count). The Morgan fingerprint density at radius 3 is 2.54 bits per heavy atom. The van der Waals surface area contributed by atoms with Crippen molar-refractivity contribution in [3.8, 4) is 5.69 Å². The van der Waals surface area contributed by atoms with E-state index >= 15 is 0 Å². The second kappa shape index (κ2) is 7.42. The van der Waals surface area contributed by atoms with Gasteiger partial charge in [0.2, 0.25) is 5.91 Å². The van der Waals surface area contributed by atoms with E-state index in [4.69, 9.17) is 17.3 Å². The molecule has 1 aromatic carbocycles. The smallest absolute Gasteiger partial charge is 0.320 e. The number of amides is 1. The zero-order chi connectivity index (χ0) is 17.4. The first kappa shape index (κ1) is 20.3. The number of aromatic nitrogens is 2. The Hall–Kier alpha value is -1.77.